The van der Waals surface area contributed by atoms with Gasteiger partial charge in [-0.25, -0.2) is 8.78 Å². The highest BCUT2D eigenvalue weighted by atomic mass is 19.3. The Bertz CT molecular complexity index is 362. The quantitative estimate of drug-likeness (QED) is 0.861. The third-order valence-corrected chi connectivity index (χ3v) is 2.64. The fourth-order valence-electron chi connectivity index (χ4n) is 1.42. The van der Waals surface area contributed by atoms with Crippen molar-refractivity contribution in [2.75, 3.05) is 13.7 Å². The predicted octanol–water partition coefficient (Wildman–Crippen LogP) is 2.90. The van der Waals surface area contributed by atoms with Crippen molar-refractivity contribution < 1.29 is 18.6 Å². The van der Waals surface area contributed by atoms with Crippen molar-refractivity contribution in [2.24, 2.45) is 0 Å². The molecule has 0 saturated carbocycles. The van der Waals surface area contributed by atoms with Crippen molar-refractivity contribution in [2.45, 2.75) is 25.7 Å². The zero-order valence-electron chi connectivity index (χ0n) is 9.63. The van der Waals surface area contributed by atoms with Gasteiger partial charge in [-0.1, -0.05) is 19.9 Å². The van der Waals surface area contributed by atoms with E-state index in [1.54, 1.807) is 19.9 Å². The lowest BCUT2D eigenvalue weighted by Gasteiger charge is -2.23. The van der Waals surface area contributed by atoms with E-state index in [4.69, 9.17) is 4.74 Å². The number of alkyl halides is 2. The maximum absolute atomic E-state index is 12.7. The summed E-state index contributed by atoms with van der Waals surface area (Å²) in [7, 11) is 1.36. The minimum Gasteiger partial charge on any atom is -0.496 e. The van der Waals surface area contributed by atoms with Gasteiger partial charge in [0.25, 0.3) is 6.43 Å². The molecule has 0 fully saturated rings. The van der Waals surface area contributed by atoms with Crippen LogP contribution in [0.3, 0.4) is 0 Å². The number of aliphatic hydroxyl groups excluding tert-OH is 1. The van der Waals surface area contributed by atoms with E-state index >= 15 is 0 Å². The predicted molar refractivity (Wildman–Crippen MR) is 58.1 cm³/mol. The van der Waals surface area contributed by atoms with Crippen LogP contribution in [-0.4, -0.2) is 18.8 Å². The Morgan fingerprint density at radius 1 is 1.38 bits per heavy atom. The van der Waals surface area contributed by atoms with Gasteiger partial charge in [0.05, 0.1) is 19.3 Å². The Labute approximate surface area is 93.9 Å². The van der Waals surface area contributed by atoms with Gasteiger partial charge in [-0.15, -0.1) is 0 Å². The van der Waals surface area contributed by atoms with Gasteiger partial charge in [-0.3, -0.25) is 0 Å². The van der Waals surface area contributed by atoms with Crippen LogP contribution in [0.1, 0.15) is 31.4 Å². The molecule has 16 heavy (non-hydrogen) atoms. The van der Waals surface area contributed by atoms with Gasteiger partial charge in [0, 0.05) is 5.41 Å². The highest BCUT2D eigenvalue weighted by molar-refractivity contribution is 5.40. The Balaban J connectivity index is 3.22. The average Bonchev–Trinajstić information content (AvgIpc) is 2.28. The molecule has 2 nitrogen and oxygen atoms in total. The van der Waals surface area contributed by atoms with Gasteiger partial charge < -0.3 is 9.84 Å². The number of hydrogen-bond donors (Lipinski definition) is 1. The Morgan fingerprint density at radius 2 is 2.00 bits per heavy atom. The number of aliphatic hydroxyl groups is 1. The van der Waals surface area contributed by atoms with Crippen molar-refractivity contribution >= 4 is 0 Å². The van der Waals surface area contributed by atoms with Gasteiger partial charge in [0.2, 0.25) is 0 Å². The third-order valence-electron chi connectivity index (χ3n) is 2.64. The summed E-state index contributed by atoms with van der Waals surface area (Å²) < 4.78 is 30.4. The van der Waals surface area contributed by atoms with E-state index in [1.807, 2.05) is 0 Å². The molecular formula is C12H16F2O2. The molecule has 0 bridgehead atoms. The lowest BCUT2D eigenvalue weighted by atomic mass is 9.84. The lowest BCUT2D eigenvalue weighted by molar-refractivity contribution is 0.146. The summed E-state index contributed by atoms with van der Waals surface area (Å²) in [4.78, 5) is 0. The van der Waals surface area contributed by atoms with E-state index in [1.165, 1.54) is 19.2 Å². The molecule has 0 aliphatic heterocycles. The first kappa shape index (κ1) is 12.9. The molecule has 0 saturated heterocycles. The molecule has 1 aromatic rings. The lowest BCUT2D eigenvalue weighted by Crippen LogP contribution is -2.22. The zero-order valence-corrected chi connectivity index (χ0v) is 9.63. The molecular weight excluding hydrogens is 214 g/mol. The summed E-state index contributed by atoms with van der Waals surface area (Å²) in [6, 6.07) is 4.59. The minimum atomic E-state index is -2.58. The van der Waals surface area contributed by atoms with Crippen LogP contribution in [0.15, 0.2) is 18.2 Å². The fourth-order valence-corrected chi connectivity index (χ4v) is 1.42. The Morgan fingerprint density at radius 3 is 2.44 bits per heavy atom. The molecule has 4 heteroatoms. The van der Waals surface area contributed by atoms with Crippen LogP contribution in [0.2, 0.25) is 0 Å². The highest BCUT2D eigenvalue weighted by Gasteiger charge is 2.23. The number of halogens is 2. The molecule has 0 spiro atoms. The van der Waals surface area contributed by atoms with Crippen LogP contribution in [0, 0.1) is 0 Å². The molecule has 0 radical (unpaired) electrons. The SMILES string of the molecule is COc1ccc(C(C)(C)CO)cc1C(F)F. The molecule has 1 rings (SSSR count). The largest absolute Gasteiger partial charge is 0.496 e. The van der Waals surface area contributed by atoms with Crippen LogP contribution >= 0.6 is 0 Å². The van der Waals surface area contributed by atoms with Gasteiger partial charge >= 0.3 is 0 Å². The smallest absolute Gasteiger partial charge is 0.267 e. The van der Waals surface area contributed by atoms with E-state index in [-0.39, 0.29) is 17.9 Å². The van der Waals surface area contributed by atoms with E-state index in [0.29, 0.717) is 5.56 Å². The van der Waals surface area contributed by atoms with Gasteiger partial charge in [-0.2, -0.15) is 0 Å². The maximum Gasteiger partial charge on any atom is 0.267 e. The first-order valence-corrected chi connectivity index (χ1v) is 5.00. The molecule has 0 atom stereocenters. The summed E-state index contributed by atoms with van der Waals surface area (Å²) in [5.41, 5.74) is 0.00300. The summed E-state index contributed by atoms with van der Waals surface area (Å²) in [5, 5.41) is 9.18. The van der Waals surface area contributed by atoms with E-state index in [0.717, 1.165) is 0 Å². The van der Waals surface area contributed by atoms with Crippen LogP contribution in [0.25, 0.3) is 0 Å². The number of ether oxygens (including phenoxy) is 1. The van der Waals surface area contributed by atoms with E-state index in [2.05, 4.69) is 0 Å². The van der Waals surface area contributed by atoms with Crippen LogP contribution < -0.4 is 4.74 Å². The molecule has 0 amide bonds. The summed E-state index contributed by atoms with van der Waals surface area (Å²) in [6.07, 6.45) is -2.58. The molecule has 0 unspecified atom stereocenters. The van der Waals surface area contributed by atoms with Crippen LogP contribution in [0.4, 0.5) is 8.78 Å². The van der Waals surface area contributed by atoms with Crippen molar-refractivity contribution in [3.63, 3.8) is 0 Å². The Hall–Kier alpha value is -1.16. The Kier molecular flexibility index (Phi) is 3.86. The summed E-state index contributed by atoms with van der Waals surface area (Å²) in [6.45, 7) is 3.50. The second-order valence-corrected chi connectivity index (χ2v) is 4.30. The normalized spacial score (nSPS) is 11.9. The third kappa shape index (κ3) is 2.50. The van der Waals surface area contributed by atoms with Crippen molar-refractivity contribution in [3.8, 4) is 5.75 Å². The van der Waals surface area contributed by atoms with Gasteiger partial charge in [0.15, 0.2) is 0 Å². The number of rotatable bonds is 4. The van der Waals surface area contributed by atoms with Crippen molar-refractivity contribution in [1.29, 1.82) is 0 Å². The molecule has 1 N–H and O–H groups in total. The first-order chi connectivity index (χ1) is 7.42. The van der Waals surface area contributed by atoms with Crippen LogP contribution in [-0.2, 0) is 5.41 Å². The molecule has 0 aliphatic carbocycles. The average molecular weight is 230 g/mol. The molecule has 0 aromatic heterocycles. The van der Waals surface area contributed by atoms with Crippen molar-refractivity contribution in [3.05, 3.63) is 29.3 Å². The van der Waals surface area contributed by atoms with Gasteiger partial charge in [0.1, 0.15) is 5.75 Å². The zero-order chi connectivity index (χ0) is 12.3. The second kappa shape index (κ2) is 4.78. The minimum absolute atomic E-state index is 0.0952. The standard InChI is InChI=1S/C12H16F2O2/c1-12(2,7-15)8-4-5-10(16-3)9(6-8)11(13)14/h4-6,11,15H,7H2,1-3H3. The van der Waals surface area contributed by atoms with Gasteiger partial charge in [-0.05, 0) is 17.7 Å². The molecule has 0 aliphatic rings. The van der Waals surface area contributed by atoms with Crippen molar-refractivity contribution in [1.82, 2.24) is 0 Å². The topological polar surface area (TPSA) is 29.5 Å². The number of methoxy groups -OCH3 is 1. The monoisotopic (exact) mass is 230 g/mol. The second-order valence-electron chi connectivity index (χ2n) is 4.30. The first-order valence-electron chi connectivity index (χ1n) is 5.00. The maximum atomic E-state index is 12.7. The van der Waals surface area contributed by atoms with E-state index < -0.39 is 11.8 Å². The van der Waals surface area contributed by atoms with E-state index in [9.17, 15) is 13.9 Å². The summed E-state index contributed by atoms with van der Waals surface area (Å²) in [5.74, 6) is 0.174. The molecule has 1 aromatic carbocycles. The fraction of sp³-hybridized carbons (Fsp3) is 0.500. The molecule has 90 valence electrons. The van der Waals surface area contributed by atoms with Crippen LogP contribution in [0.5, 0.6) is 5.75 Å². The number of hydrogen-bond acceptors (Lipinski definition) is 2. The number of benzene rings is 1. The highest BCUT2D eigenvalue weighted by Crippen LogP contribution is 2.33. The summed E-state index contributed by atoms with van der Waals surface area (Å²) >= 11 is 0. The molecule has 0 heterocycles.